The van der Waals surface area contributed by atoms with Gasteiger partial charge >= 0.3 is 6.18 Å². The van der Waals surface area contributed by atoms with Gasteiger partial charge in [0.1, 0.15) is 0 Å². The third-order valence-corrected chi connectivity index (χ3v) is 7.37. The van der Waals surface area contributed by atoms with Gasteiger partial charge in [0.15, 0.2) is 0 Å². The molecule has 29 heavy (non-hydrogen) atoms. The molecule has 2 fully saturated rings. The van der Waals surface area contributed by atoms with E-state index in [1.165, 1.54) is 22.7 Å². The van der Waals surface area contributed by atoms with E-state index in [1.54, 1.807) is 4.90 Å². The van der Waals surface area contributed by atoms with Crippen LogP contribution in [0.4, 0.5) is 13.2 Å². The molecule has 1 aromatic rings. The Bertz CT molecular complexity index is 850. The molecule has 0 bridgehead atoms. The first-order valence-corrected chi connectivity index (χ1v) is 11.5. The average Bonchev–Trinajstić information content (AvgIpc) is 3.13. The zero-order valence-electron chi connectivity index (χ0n) is 16.6. The number of rotatable bonds is 4. The van der Waals surface area contributed by atoms with Gasteiger partial charge in [0.2, 0.25) is 10.0 Å². The predicted molar refractivity (Wildman–Crippen MR) is 103 cm³/mol. The minimum atomic E-state index is -4.43. The summed E-state index contributed by atoms with van der Waals surface area (Å²) in [6.45, 7) is 5.13. The van der Waals surface area contributed by atoms with Crippen LogP contribution in [-0.2, 0) is 16.2 Å². The van der Waals surface area contributed by atoms with Crippen molar-refractivity contribution in [2.75, 3.05) is 45.5 Å². The molecule has 2 saturated heterocycles. The number of hydrogen-bond acceptors (Lipinski definition) is 4. The van der Waals surface area contributed by atoms with Gasteiger partial charge < -0.3 is 4.90 Å². The lowest BCUT2D eigenvalue weighted by Gasteiger charge is -2.45. The Labute approximate surface area is 169 Å². The van der Waals surface area contributed by atoms with E-state index in [2.05, 4.69) is 4.90 Å². The van der Waals surface area contributed by atoms with E-state index in [4.69, 9.17) is 0 Å². The van der Waals surface area contributed by atoms with E-state index in [-0.39, 0.29) is 17.0 Å². The summed E-state index contributed by atoms with van der Waals surface area (Å²) in [6, 6.07) is 4.28. The fourth-order valence-electron chi connectivity index (χ4n) is 4.24. The second kappa shape index (κ2) is 7.88. The van der Waals surface area contributed by atoms with Crippen LogP contribution in [0.3, 0.4) is 0 Å². The number of amides is 1. The van der Waals surface area contributed by atoms with E-state index >= 15 is 0 Å². The number of nitrogens with zero attached hydrogens (tertiary/aromatic N) is 3. The fourth-order valence-corrected chi connectivity index (χ4v) is 5.14. The number of sulfonamides is 1. The van der Waals surface area contributed by atoms with Crippen LogP contribution >= 0.6 is 0 Å². The molecule has 3 rings (SSSR count). The Balaban J connectivity index is 1.63. The van der Waals surface area contributed by atoms with Crippen molar-refractivity contribution in [3.05, 3.63) is 35.4 Å². The van der Waals surface area contributed by atoms with Gasteiger partial charge in [-0.05, 0) is 37.1 Å². The second-order valence-electron chi connectivity index (χ2n) is 7.78. The van der Waals surface area contributed by atoms with Crippen molar-refractivity contribution in [2.24, 2.45) is 0 Å². The summed E-state index contributed by atoms with van der Waals surface area (Å²) in [5, 5.41) is 0. The molecule has 0 aliphatic carbocycles. The van der Waals surface area contributed by atoms with E-state index in [0.717, 1.165) is 25.0 Å². The average molecular weight is 433 g/mol. The number of benzene rings is 1. The predicted octanol–water partition coefficient (Wildman–Crippen LogP) is 2.28. The Kier molecular flexibility index (Phi) is 5.99. The van der Waals surface area contributed by atoms with Crippen molar-refractivity contribution in [1.29, 1.82) is 0 Å². The summed E-state index contributed by atoms with van der Waals surface area (Å²) in [7, 11) is -3.23. The standard InChI is InChI=1S/C19H26F3N3O3S/c1-3-18(8-9-25(14-18)29(2,27)28)24-12-10-23(11-13-24)17(26)15-4-6-16(7-5-15)19(20,21)22/h4-7H,3,8-14H2,1-2H3/t18-/m0/s1. The minimum Gasteiger partial charge on any atom is -0.336 e. The summed E-state index contributed by atoms with van der Waals surface area (Å²) >= 11 is 0. The lowest BCUT2D eigenvalue weighted by Crippen LogP contribution is -2.59. The molecule has 2 heterocycles. The first kappa shape index (κ1) is 22.0. The number of carbonyl (C=O) groups is 1. The molecule has 6 nitrogen and oxygen atoms in total. The van der Waals surface area contributed by atoms with Crippen LogP contribution in [0.2, 0.25) is 0 Å². The molecule has 2 aliphatic heterocycles. The highest BCUT2D eigenvalue weighted by molar-refractivity contribution is 7.88. The number of piperazine rings is 1. The molecule has 0 saturated carbocycles. The topological polar surface area (TPSA) is 60.9 Å². The second-order valence-corrected chi connectivity index (χ2v) is 9.76. The van der Waals surface area contributed by atoms with E-state index in [1.807, 2.05) is 6.92 Å². The summed E-state index contributed by atoms with van der Waals surface area (Å²) in [5.41, 5.74) is -0.770. The van der Waals surface area contributed by atoms with E-state index in [9.17, 15) is 26.4 Å². The Morgan fingerprint density at radius 3 is 2.10 bits per heavy atom. The van der Waals surface area contributed by atoms with Gasteiger partial charge in [0.05, 0.1) is 11.8 Å². The van der Waals surface area contributed by atoms with E-state index in [0.29, 0.717) is 39.3 Å². The molecular formula is C19H26F3N3O3S. The SMILES string of the molecule is CC[C@]1(N2CCN(C(=O)c3ccc(C(F)(F)F)cc3)CC2)CCN(S(C)(=O)=O)C1. The first-order chi connectivity index (χ1) is 13.5. The Hall–Kier alpha value is -1.65. The van der Waals surface area contributed by atoms with Gasteiger partial charge in [0, 0.05) is 50.4 Å². The molecule has 2 aliphatic rings. The molecule has 0 spiro atoms. The minimum absolute atomic E-state index is 0.230. The molecule has 1 amide bonds. The molecule has 1 atom stereocenters. The zero-order chi connectivity index (χ0) is 21.4. The van der Waals surface area contributed by atoms with Crippen molar-refractivity contribution in [2.45, 2.75) is 31.5 Å². The first-order valence-electron chi connectivity index (χ1n) is 9.63. The maximum Gasteiger partial charge on any atom is 0.416 e. The van der Waals surface area contributed by atoms with Gasteiger partial charge in [-0.25, -0.2) is 12.7 Å². The molecular weight excluding hydrogens is 407 g/mol. The lowest BCUT2D eigenvalue weighted by molar-refractivity contribution is -0.137. The smallest absolute Gasteiger partial charge is 0.336 e. The van der Waals surface area contributed by atoms with Crippen LogP contribution in [0.25, 0.3) is 0 Å². The van der Waals surface area contributed by atoms with Gasteiger partial charge in [-0.2, -0.15) is 13.2 Å². The van der Waals surface area contributed by atoms with Crippen LogP contribution in [0.1, 0.15) is 35.7 Å². The monoisotopic (exact) mass is 433 g/mol. The van der Waals surface area contributed by atoms with Crippen molar-refractivity contribution < 1.29 is 26.4 Å². The van der Waals surface area contributed by atoms with Gasteiger partial charge in [-0.15, -0.1) is 0 Å². The highest BCUT2D eigenvalue weighted by Gasteiger charge is 2.45. The number of hydrogen-bond donors (Lipinski definition) is 0. The van der Waals surface area contributed by atoms with Crippen LogP contribution in [0.5, 0.6) is 0 Å². The summed E-state index contributed by atoms with van der Waals surface area (Å²) in [6.07, 6.45) is -1.64. The van der Waals surface area contributed by atoms with Crippen molar-refractivity contribution in [1.82, 2.24) is 14.1 Å². The van der Waals surface area contributed by atoms with Crippen LogP contribution in [0, 0.1) is 0 Å². The number of halogens is 3. The third-order valence-electron chi connectivity index (χ3n) is 6.12. The third kappa shape index (κ3) is 4.59. The number of carbonyl (C=O) groups excluding carboxylic acids is 1. The molecule has 0 N–H and O–H groups in total. The highest BCUT2D eigenvalue weighted by Crippen LogP contribution is 2.33. The Morgan fingerprint density at radius 1 is 1.07 bits per heavy atom. The van der Waals surface area contributed by atoms with Crippen LogP contribution in [0.15, 0.2) is 24.3 Å². The fraction of sp³-hybridized carbons (Fsp3) is 0.632. The van der Waals surface area contributed by atoms with Crippen LogP contribution < -0.4 is 0 Å². The van der Waals surface area contributed by atoms with Crippen molar-refractivity contribution in [3.63, 3.8) is 0 Å². The normalized spacial score (nSPS) is 24.8. The van der Waals surface area contributed by atoms with Crippen molar-refractivity contribution in [3.8, 4) is 0 Å². The molecule has 10 heteroatoms. The molecule has 0 unspecified atom stereocenters. The van der Waals surface area contributed by atoms with Gasteiger partial charge in [-0.1, -0.05) is 6.92 Å². The Morgan fingerprint density at radius 2 is 1.66 bits per heavy atom. The highest BCUT2D eigenvalue weighted by atomic mass is 32.2. The van der Waals surface area contributed by atoms with Crippen LogP contribution in [-0.4, -0.2) is 79.5 Å². The number of alkyl halides is 3. The maximum atomic E-state index is 12.7. The van der Waals surface area contributed by atoms with Crippen molar-refractivity contribution >= 4 is 15.9 Å². The van der Waals surface area contributed by atoms with E-state index < -0.39 is 21.8 Å². The summed E-state index contributed by atoms with van der Waals surface area (Å²) in [5.74, 6) is -0.284. The zero-order valence-corrected chi connectivity index (χ0v) is 17.4. The molecule has 0 aromatic heterocycles. The molecule has 162 valence electrons. The van der Waals surface area contributed by atoms with Gasteiger partial charge in [0.25, 0.3) is 5.91 Å². The lowest BCUT2D eigenvalue weighted by atomic mass is 9.92. The largest absolute Gasteiger partial charge is 0.416 e. The maximum absolute atomic E-state index is 12.7. The summed E-state index contributed by atoms with van der Waals surface area (Å²) in [4.78, 5) is 16.6. The molecule has 0 radical (unpaired) electrons. The molecule has 1 aromatic carbocycles. The quantitative estimate of drug-likeness (QED) is 0.731. The van der Waals surface area contributed by atoms with Gasteiger partial charge in [-0.3, -0.25) is 9.69 Å². The summed E-state index contributed by atoms with van der Waals surface area (Å²) < 4.78 is 63.4.